The number of Topliss-reactive ketones (excluding diaryl/α,β-unsaturated/α-hetero) is 1. The number of ketones is 1. The van der Waals surface area contributed by atoms with Gasteiger partial charge in [0.2, 0.25) is 5.91 Å². The fourth-order valence-electron chi connectivity index (χ4n) is 4.01. The number of hydrogen-bond acceptors (Lipinski definition) is 7. The molecule has 1 aliphatic rings. The maximum Gasteiger partial charge on any atom is 0.333 e. The van der Waals surface area contributed by atoms with Gasteiger partial charge in [0, 0.05) is 30.9 Å². The standard InChI is InChI=1S/C23H27N5O4S/c1-3-10-27-21(31)19-20(25-22(33-19)26-11-5-4-6-12-26)28(23(27)32)14-18(30)24-17-9-7-8-16(13-17)15(2)29/h7-9,13H,3-6,10-12,14H2,1-2H3,(H,24,30). The molecule has 0 aliphatic carbocycles. The molecule has 10 heteroatoms. The van der Waals surface area contributed by atoms with Gasteiger partial charge in [-0.05, 0) is 44.7 Å². The van der Waals surface area contributed by atoms with E-state index in [2.05, 4.69) is 15.2 Å². The van der Waals surface area contributed by atoms with Crippen molar-refractivity contribution < 1.29 is 9.59 Å². The van der Waals surface area contributed by atoms with Crippen molar-refractivity contribution in [1.82, 2.24) is 14.1 Å². The molecule has 2 aromatic heterocycles. The maximum atomic E-state index is 13.2. The summed E-state index contributed by atoms with van der Waals surface area (Å²) >= 11 is 1.28. The lowest BCUT2D eigenvalue weighted by molar-refractivity contribution is -0.116. The number of carbonyl (C=O) groups excluding carboxylic acids is 2. The molecule has 0 atom stereocenters. The van der Waals surface area contributed by atoms with Crippen molar-refractivity contribution in [2.24, 2.45) is 0 Å². The molecule has 0 spiro atoms. The quantitative estimate of drug-likeness (QED) is 0.534. The summed E-state index contributed by atoms with van der Waals surface area (Å²) in [5.74, 6) is -0.545. The molecule has 1 aromatic carbocycles. The number of benzene rings is 1. The van der Waals surface area contributed by atoms with Gasteiger partial charge in [0.05, 0.1) is 0 Å². The Morgan fingerprint density at radius 2 is 1.88 bits per heavy atom. The Labute approximate surface area is 194 Å². The van der Waals surface area contributed by atoms with Gasteiger partial charge < -0.3 is 10.2 Å². The Morgan fingerprint density at radius 3 is 2.58 bits per heavy atom. The minimum Gasteiger partial charge on any atom is -0.348 e. The lowest BCUT2D eigenvalue weighted by Crippen LogP contribution is -2.41. The second kappa shape index (κ2) is 9.70. The first-order chi connectivity index (χ1) is 15.9. The molecule has 3 heterocycles. The molecule has 0 bridgehead atoms. The van der Waals surface area contributed by atoms with E-state index in [-0.39, 0.29) is 30.1 Å². The van der Waals surface area contributed by atoms with Gasteiger partial charge in [-0.25, -0.2) is 9.78 Å². The summed E-state index contributed by atoms with van der Waals surface area (Å²) in [6, 6.07) is 6.62. The molecule has 1 fully saturated rings. The molecule has 1 amide bonds. The van der Waals surface area contributed by atoms with Crippen LogP contribution in [0.1, 0.15) is 49.9 Å². The highest BCUT2D eigenvalue weighted by Gasteiger charge is 2.22. The highest BCUT2D eigenvalue weighted by Crippen LogP contribution is 2.28. The van der Waals surface area contributed by atoms with Gasteiger partial charge in [0.25, 0.3) is 5.56 Å². The largest absolute Gasteiger partial charge is 0.348 e. The minimum absolute atomic E-state index is 0.108. The number of nitrogens with one attached hydrogen (secondary N) is 1. The Balaban J connectivity index is 1.72. The Morgan fingerprint density at radius 1 is 1.12 bits per heavy atom. The fraction of sp³-hybridized carbons (Fsp3) is 0.435. The summed E-state index contributed by atoms with van der Waals surface area (Å²) in [6.07, 6.45) is 3.90. The van der Waals surface area contributed by atoms with E-state index in [1.807, 2.05) is 6.92 Å². The minimum atomic E-state index is -0.544. The molecule has 0 radical (unpaired) electrons. The van der Waals surface area contributed by atoms with Crippen LogP contribution in [0.2, 0.25) is 0 Å². The molecular weight excluding hydrogens is 442 g/mol. The number of fused-ring (bicyclic) bond motifs is 1. The van der Waals surface area contributed by atoms with Crippen LogP contribution in [0.25, 0.3) is 10.3 Å². The summed E-state index contributed by atoms with van der Waals surface area (Å²) in [7, 11) is 0. The topological polar surface area (TPSA) is 106 Å². The molecule has 174 valence electrons. The van der Waals surface area contributed by atoms with Crippen LogP contribution in [0.4, 0.5) is 10.8 Å². The molecule has 1 N–H and O–H groups in total. The van der Waals surface area contributed by atoms with Crippen molar-refractivity contribution in [2.75, 3.05) is 23.3 Å². The number of aromatic nitrogens is 3. The van der Waals surface area contributed by atoms with Gasteiger partial charge in [0.15, 0.2) is 16.6 Å². The van der Waals surface area contributed by atoms with Crippen molar-refractivity contribution in [3.8, 4) is 0 Å². The van der Waals surface area contributed by atoms with E-state index >= 15 is 0 Å². The number of hydrogen-bond donors (Lipinski definition) is 1. The molecule has 1 saturated heterocycles. The first kappa shape index (κ1) is 22.9. The lowest BCUT2D eigenvalue weighted by Gasteiger charge is -2.25. The highest BCUT2D eigenvalue weighted by atomic mass is 32.1. The van der Waals surface area contributed by atoms with Crippen LogP contribution in [-0.4, -0.2) is 38.9 Å². The number of rotatable bonds is 7. The van der Waals surface area contributed by atoms with Crippen molar-refractivity contribution in [1.29, 1.82) is 0 Å². The van der Waals surface area contributed by atoms with E-state index < -0.39 is 11.6 Å². The van der Waals surface area contributed by atoms with E-state index in [0.29, 0.717) is 27.5 Å². The Bertz CT molecular complexity index is 1320. The molecule has 1 aliphatic heterocycles. The Hall–Kier alpha value is -3.27. The summed E-state index contributed by atoms with van der Waals surface area (Å²) < 4.78 is 2.85. The molecule has 4 rings (SSSR count). The SMILES string of the molecule is CCCn1c(=O)c2sc(N3CCCCC3)nc2n(CC(=O)Nc2cccc(C(C)=O)c2)c1=O. The first-order valence-corrected chi connectivity index (χ1v) is 12.0. The van der Waals surface area contributed by atoms with Crippen molar-refractivity contribution in [3.05, 3.63) is 50.7 Å². The summed E-state index contributed by atoms with van der Waals surface area (Å²) in [5, 5.41) is 3.45. The maximum absolute atomic E-state index is 13.2. The molecule has 9 nitrogen and oxygen atoms in total. The van der Waals surface area contributed by atoms with Crippen LogP contribution < -0.4 is 21.5 Å². The predicted octanol–water partition coefficient (Wildman–Crippen LogP) is 2.86. The van der Waals surface area contributed by atoms with E-state index in [0.717, 1.165) is 25.9 Å². The van der Waals surface area contributed by atoms with Gasteiger partial charge in [-0.1, -0.05) is 30.4 Å². The van der Waals surface area contributed by atoms with E-state index in [4.69, 9.17) is 0 Å². The van der Waals surface area contributed by atoms with Gasteiger partial charge in [-0.15, -0.1) is 0 Å². The van der Waals surface area contributed by atoms with Crippen LogP contribution in [0, 0.1) is 0 Å². The number of carbonyl (C=O) groups is 2. The lowest BCUT2D eigenvalue weighted by atomic mass is 10.1. The Kier molecular flexibility index (Phi) is 6.73. The molecule has 33 heavy (non-hydrogen) atoms. The van der Waals surface area contributed by atoms with Crippen molar-refractivity contribution in [2.45, 2.75) is 52.6 Å². The number of piperidine rings is 1. The third kappa shape index (κ3) is 4.75. The van der Waals surface area contributed by atoms with Gasteiger partial charge in [-0.2, -0.15) is 0 Å². The molecule has 0 unspecified atom stereocenters. The van der Waals surface area contributed by atoms with E-state index in [1.165, 1.54) is 33.8 Å². The average molecular weight is 470 g/mol. The average Bonchev–Trinajstić information content (AvgIpc) is 3.26. The van der Waals surface area contributed by atoms with Crippen molar-refractivity contribution >= 4 is 44.2 Å². The van der Waals surface area contributed by atoms with Crippen molar-refractivity contribution in [3.63, 3.8) is 0 Å². The number of thiazole rings is 1. The van der Waals surface area contributed by atoms with Crippen LogP contribution in [-0.2, 0) is 17.9 Å². The molecule has 3 aromatic rings. The fourth-order valence-corrected chi connectivity index (χ4v) is 5.08. The van der Waals surface area contributed by atoms with Crippen LogP contribution >= 0.6 is 11.3 Å². The molecule has 0 saturated carbocycles. The second-order valence-electron chi connectivity index (χ2n) is 8.21. The smallest absolute Gasteiger partial charge is 0.333 e. The summed E-state index contributed by atoms with van der Waals surface area (Å²) in [6.45, 7) is 5.05. The van der Waals surface area contributed by atoms with Crippen LogP contribution in [0.3, 0.4) is 0 Å². The summed E-state index contributed by atoms with van der Waals surface area (Å²) in [5.41, 5.74) is 0.289. The first-order valence-electron chi connectivity index (χ1n) is 11.2. The van der Waals surface area contributed by atoms with E-state index in [9.17, 15) is 19.2 Å². The number of anilines is 2. The zero-order chi connectivity index (χ0) is 23.5. The van der Waals surface area contributed by atoms with E-state index in [1.54, 1.807) is 24.3 Å². The number of nitrogens with zero attached hydrogens (tertiary/aromatic N) is 4. The summed E-state index contributed by atoms with van der Waals surface area (Å²) in [4.78, 5) is 57.4. The molecular formula is C23H27N5O4S. The normalized spacial score (nSPS) is 13.9. The van der Waals surface area contributed by atoms with Crippen LogP contribution in [0.15, 0.2) is 33.9 Å². The third-order valence-electron chi connectivity index (χ3n) is 5.68. The zero-order valence-corrected chi connectivity index (χ0v) is 19.6. The highest BCUT2D eigenvalue weighted by molar-refractivity contribution is 7.22. The van der Waals surface area contributed by atoms with Crippen LogP contribution in [0.5, 0.6) is 0 Å². The van der Waals surface area contributed by atoms with Gasteiger partial charge in [-0.3, -0.25) is 23.5 Å². The monoisotopic (exact) mass is 469 g/mol. The predicted molar refractivity (Wildman–Crippen MR) is 130 cm³/mol. The van der Waals surface area contributed by atoms with Gasteiger partial charge >= 0.3 is 5.69 Å². The second-order valence-corrected chi connectivity index (χ2v) is 9.19. The third-order valence-corrected chi connectivity index (χ3v) is 6.78. The zero-order valence-electron chi connectivity index (χ0n) is 18.8. The van der Waals surface area contributed by atoms with Gasteiger partial charge in [0.1, 0.15) is 11.2 Å². The number of amides is 1.